The summed E-state index contributed by atoms with van der Waals surface area (Å²) in [6.07, 6.45) is 2.53. The molecule has 4 aromatic rings. The Bertz CT molecular complexity index is 1260. The molecule has 0 aliphatic heterocycles. The average molecular weight is 487 g/mol. The zero-order valence-electron chi connectivity index (χ0n) is 21.2. The molecule has 0 bridgehead atoms. The number of benzene rings is 3. The Morgan fingerprint density at radius 2 is 1.67 bits per heavy atom. The number of carbonyl (C=O) groups excluding carboxylic acids is 1. The molecule has 1 aromatic heterocycles. The SMILES string of the molecule is CCOc1ccc([C@@H](CC(=O)NCCOC)c2cn(Cc3ccc(OC)cc3)c3ccccc23)cc1. The highest BCUT2D eigenvalue weighted by atomic mass is 16.5. The molecule has 0 unspecified atom stereocenters. The van der Waals surface area contributed by atoms with Crippen LogP contribution in [-0.4, -0.2) is 44.5 Å². The van der Waals surface area contributed by atoms with Crippen LogP contribution in [0.2, 0.25) is 0 Å². The molecule has 1 N–H and O–H groups in total. The highest BCUT2D eigenvalue weighted by molar-refractivity contribution is 5.86. The molecule has 0 aliphatic rings. The van der Waals surface area contributed by atoms with Crippen molar-refractivity contribution in [1.82, 2.24) is 9.88 Å². The quantitative estimate of drug-likeness (QED) is 0.273. The van der Waals surface area contributed by atoms with E-state index in [-0.39, 0.29) is 11.8 Å². The van der Waals surface area contributed by atoms with Crippen molar-refractivity contribution in [3.05, 3.63) is 95.7 Å². The lowest BCUT2D eigenvalue weighted by atomic mass is 9.88. The number of aromatic nitrogens is 1. The van der Waals surface area contributed by atoms with Gasteiger partial charge in [-0.1, -0.05) is 42.5 Å². The van der Waals surface area contributed by atoms with Gasteiger partial charge in [-0.05, 0) is 53.9 Å². The molecule has 1 atom stereocenters. The minimum atomic E-state index is -0.106. The zero-order valence-corrected chi connectivity index (χ0v) is 21.2. The molecular weight excluding hydrogens is 452 g/mol. The number of rotatable bonds is 12. The van der Waals surface area contributed by atoms with Crippen LogP contribution in [0.25, 0.3) is 10.9 Å². The van der Waals surface area contributed by atoms with Gasteiger partial charge in [0.1, 0.15) is 11.5 Å². The summed E-state index contributed by atoms with van der Waals surface area (Å²) in [6, 6.07) is 24.6. The van der Waals surface area contributed by atoms with Crippen LogP contribution in [0.3, 0.4) is 0 Å². The van der Waals surface area contributed by atoms with Gasteiger partial charge in [0.25, 0.3) is 0 Å². The van der Waals surface area contributed by atoms with E-state index in [0.717, 1.165) is 40.1 Å². The molecule has 6 heteroatoms. The molecule has 1 heterocycles. The number of amides is 1. The summed E-state index contributed by atoms with van der Waals surface area (Å²) >= 11 is 0. The van der Waals surface area contributed by atoms with Gasteiger partial charge in [-0.15, -0.1) is 0 Å². The smallest absolute Gasteiger partial charge is 0.221 e. The van der Waals surface area contributed by atoms with E-state index < -0.39 is 0 Å². The van der Waals surface area contributed by atoms with Gasteiger partial charge in [-0.25, -0.2) is 0 Å². The second-order valence-electron chi connectivity index (χ2n) is 8.68. The number of ether oxygens (including phenoxy) is 3. The van der Waals surface area contributed by atoms with Gasteiger partial charge < -0.3 is 24.1 Å². The van der Waals surface area contributed by atoms with Gasteiger partial charge >= 0.3 is 0 Å². The summed E-state index contributed by atoms with van der Waals surface area (Å²) in [4.78, 5) is 12.9. The number of carbonyl (C=O) groups is 1. The van der Waals surface area contributed by atoms with Crippen molar-refractivity contribution in [3.8, 4) is 11.5 Å². The molecule has 0 fully saturated rings. The number of nitrogens with one attached hydrogen (secondary N) is 1. The van der Waals surface area contributed by atoms with Gasteiger partial charge in [0.2, 0.25) is 5.91 Å². The predicted molar refractivity (Wildman–Crippen MR) is 143 cm³/mol. The molecule has 0 radical (unpaired) electrons. The minimum Gasteiger partial charge on any atom is -0.497 e. The summed E-state index contributed by atoms with van der Waals surface area (Å²) in [5, 5.41) is 4.13. The standard InChI is InChI=1S/C30H34N2O4/c1-4-36-25-15-11-23(12-16-25)27(19-30(33)31-17-18-34-2)28-21-32(29-8-6-5-7-26(28)29)20-22-9-13-24(35-3)14-10-22/h5-16,21,27H,4,17-20H2,1-3H3,(H,31,33)/t27-/m1/s1. The van der Waals surface area contributed by atoms with Crippen molar-refractivity contribution >= 4 is 16.8 Å². The van der Waals surface area contributed by atoms with Crippen LogP contribution in [0.15, 0.2) is 79.0 Å². The minimum absolute atomic E-state index is 0.00193. The van der Waals surface area contributed by atoms with Gasteiger partial charge in [0.15, 0.2) is 0 Å². The first kappa shape index (κ1) is 25.3. The second-order valence-corrected chi connectivity index (χ2v) is 8.68. The molecule has 0 aliphatic carbocycles. The highest BCUT2D eigenvalue weighted by Gasteiger charge is 2.23. The van der Waals surface area contributed by atoms with Gasteiger partial charge in [0.05, 0.1) is 20.3 Å². The lowest BCUT2D eigenvalue weighted by Gasteiger charge is -2.18. The first-order chi connectivity index (χ1) is 17.6. The third-order valence-electron chi connectivity index (χ3n) is 6.32. The van der Waals surface area contributed by atoms with Crippen molar-refractivity contribution in [2.45, 2.75) is 25.8 Å². The topological polar surface area (TPSA) is 61.7 Å². The molecule has 3 aromatic carbocycles. The van der Waals surface area contributed by atoms with Gasteiger partial charge in [-0.2, -0.15) is 0 Å². The normalized spacial score (nSPS) is 11.9. The second kappa shape index (κ2) is 12.3. The summed E-state index contributed by atoms with van der Waals surface area (Å²) in [7, 11) is 3.31. The number of hydrogen-bond donors (Lipinski definition) is 1. The van der Waals surface area contributed by atoms with E-state index in [0.29, 0.717) is 26.2 Å². The number of hydrogen-bond acceptors (Lipinski definition) is 4. The van der Waals surface area contributed by atoms with Crippen LogP contribution in [0.4, 0.5) is 0 Å². The Balaban J connectivity index is 1.71. The van der Waals surface area contributed by atoms with E-state index in [1.54, 1.807) is 14.2 Å². The molecule has 4 rings (SSSR count). The number of para-hydroxylation sites is 1. The van der Waals surface area contributed by atoms with E-state index in [4.69, 9.17) is 14.2 Å². The van der Waals surface area contributed by atoms with Crippen molar-refractivity contribution < 1.29 is 19.0 Å². The number of nitrogens with zero attached hydrogens (tertiary/aromatic N) is 1. The van der Waals surface area contributed by atoms with E-state index in [1.165, 1.54) is 5.56 Å². The Kier molecular flexibility index (Phi) is 8.63. The van der Waals surface area contributed by atoms with Crippen LogP contribution in [0.1, 0.15) is 36.0 Å². The maximum absolute atomic E-state index is 12.9. The molecular formula is C30H34N2O4. The molecule has 6 nitrogen and oxygen atoms in total. The molecule has 0 saturated carbocycles. The van der Waals surface area contributed by atoms with Crippen LogP contribution in [-0.2, 0) is 16.1 Å². The largest absolute Gasteiger partial charge is 0.497 e. The fraction of sp³-hybridized carbons (Fsp3) is 0.300. The molecule has 1 amide bonds. The Morgan fingerprint density at radius 1 is 0.944 bits per heavy atom. The summed E-state index contributed by atoms with van der Waals surface area (Å²) in [5.41, 5.74) is 4.52. The van der Waals surface area contributed by atoms with Crippen molar-refractivity contribution in [2.24, 2.45) is 0 Å². The van der Waals surface area contributed by atoms with Crippen LogP contribution in [0, 0.1) is 0 Å². The Hall–Kier alpha value is -3.77. The first-order valence-corrected chi connectivity index (χ1v) is 12.3. The van der Waals surface area contributed by atoms with Gasteiger partial charge in [-0.3, -0.25) is 4.79 Å². The molecule has 188 valence electrons. The van der Waals surface area contributed by atoms with E-state index in [9.17, 15) is 4.79 Å². The third-order valence-corrected chi connectivity index (χ3v) is 6.32. The van der Waals surface area contributed by atoms with E-state index in [2.05, 4.69) is 64.6 Å². The summed E-state index contributed by atoms with van der Waals surface area (Å²) in [5.74, 6) is 1.56. The molecule has 36 heavy (non-hydrogen) atoms. The molecule has 0 saturated heterocycles. The fourth-order valence-corrected chi connectivity index (χ4v) is 4.53. The Labute approximate surface area is 212 Å². The first-order valence-electron chi connectivity index (χ1n) is 12.3. The lowest BCUT2D eigenvalue weighted by molar-refractivity contribution is -0.121. The lowest BCUT2D eigenvalue weighted by Crippen LogP contribution is -2.28. The van der Waals surface area contributed by atoms with E-state index in [1.807, 2.05) is 31.2 Å². The summed E-state index contributed by atoms with van der Waals surface area (Å²) in [6.45, 7) is 4.29. The zero-order chi connectivity index (χ0) is 25.3. The average Bonchev–Trinajstić information content (AvgIpc) is 3.27. The maximum atomic E-state index is 12.9. The van der Waals surface area contributed by atoms with Crippen molar-refractivity contribution in [1.29, 1.82) is 0 Å². The predicted octanol–water partition coefficient (Wildman–Crippen LogP) is 5.38. The van der Waals surface area contributed by atoms with Crippen molar-refractivity contribution in [3.63, 3.8) is 0 Å². The number of methoxy groups -OCH3 is 2. The maximum Gasteiger partial charge on any atom is 0.221 e. The molecule has 0 spiro atoms. The van der Waals surface area contributed by atoms with Crippen LogP contribution >= 0.6 is 0 Å². The van der Waals surface area contributed by atoms with Crippen molar-refractivity contribution in [2.75, 3.05) is 34.0 Å². The van der Waals surface area contributed by atoms with Crippen LogP contribution < -0.4 is 14.8 Å². The monoisotopic (exact) mass is 486 g/mol. The van der Waals surface area contributed by atoms with Crippen LogP contribution in [0.5, 0.6) is 11.5 Å². The van der Waals surface area contributed by atoms with E-state index >= 15 is 0 Å². The highest BCUT2D eigenvalue weighted by Crippen LogP contribution is 2.36. The summed E-state index contributed by atoms with van der Waals surface area (Å²) < 4.78 is 18.3. The Morgan fingerprint density at radius 3 is 2.36 bits per heavy atom. The number of fused-ring (bicyclic) bond motifs is 1. The van der Waals surface area contributed by atoms with Gasteiger partial charge in [0, 0.05) is 49.6 Å². The third kappa shape index (κ3) is 6.07. The fourth-order valence-electron chi connectivity index (χ4n) is 4.53.